The summed E-state index contributed by atoms with van der Waals surface area (Å²) in [5.41, 5.74) is 0.416. The first-order valence-corrected chi connectivity index (χ1v) is 7.48. The van der Waals surface area contributed by atoms with E-state index in [4.69, 9.17) is 0 Å². The first kappa shape index (κ1) is 17.9. The standard InChI is InChI=1S/C14H25N5O.ClH/c1-10(2)11(3)8-16-14(20)13-9-19(18-17-13)12-4-6-15-7-5-12;/h9-12,15H,4-8H2,1-3H3,(H,16,20);1H. The van der Waals surface area contributed by atoms with Gasteiger partial charge in [-0.25, -0.2) is 4.68 Å². The number of carbonyl (C=O) groups is 1. The average molecular weight is 316 g/mol. The van der Waals surface area contributed by atoms with E-state index in [0.717, 1.165) is 25.9 Å². The predicted molar refractivity (Wildman–Crippen MR) is 84.7 cm³/mol. The topological polar surface area (TPSA) is 71.8 Å². The Balaban J connectivity index is 0.00000220. The molecule has 2 heterocycles. The zero-order chi connectivity index (χ0) is 14.5. The van der Waals surface area contributed by atoms with Crippen molar-refractivity contribution in [2.24, 2.45) is 11.8 Å². The summed E-state index contributed by atoms with van der Waals surface area (Å²) >= 11 is 0. The van der Waals surface area contributed by atoms with Crippen molar-refractivity contribution in [3.05, 3.63) is 11.9 Å². The SMILES string of the molecule is CC(C)C(C)CNC(=O)c1cn(C2CCNCC2)nn1.Cl. The Morgan fingerprint density at radius 2 is 2.10 bits per heavy atom. The van der Waals surface area contributed by atoms with E-state index in [1.54, 1.807) is 6.20 Å². The second kappa shape index (κ2) is 8.34. The molecule has 0 spiro atoms. The van der Waals surface area contributed by atoms with Crippen LogP contribution >= 0.6 is 12.4 Å². The van der Waals surface area contributed by atoms with Crippen LogP contribution in [0.4, 0.5) is 0 Å². The third-order valence-electron chi connectivity index (χ3n) is 4.15. The molecule has 1 aliphatic heterocycles. The largest absolute Gasteiger partial charge is 0.350 e. The van der Waals surface area contributed by atoms with Gasteiger partial charge in [-0.15, -0.1) is 17.5 Å². The molecule has 21 heavy (non-hydrogen) atoms. The highest BCUT2D eigenvalue weighted by molar-refractivity contribution is 5.91. The number of hydrogen-bond donors (Lipinski definition) is 2. The van der Waals surface area contributed by atoms with Gasteiger partial charge in [0.2, 0.25) is 0 Å². The summed E-state index contributed by atoms with van der Waals surface area (Å²) in [4.78, 5) is 12.0. The Morgan fingerprint density at radius 1 is 1.43 bits per heavy atom. The minimum atomic E-state index is -0.127. The van der Waals surface area contributed by atoms with Gasteiger partial charge in [0.1, 0.15) is 0 Å². The summed E-state index contributed by atoms with van der Waals surface area (Å²) in [6.07, 6.45) is 3.84. The molecule has 0 bridgehead atoms. The molecule has 0 aromatic carbocycles. The van der Waals surface area contributed by atoms with Gasteiger partial charge in [0.25, 0.3) is 5.91 Å². The molecule has 6 nitrogen and oxygen atoms in total. The van der Waals surface area contributed by atoms with E-state index in [2.05, 4.69) is 41.7 Å². The number of nitrogens with one attached hydrogen (secondary N) is 2. The van der Waals surface area contributed by atoms with E-state index in [-0.39, 0.29) is 18.3 Å². The highest BCUT2D eigenvalue weighted by Gasteiger charge is 2.19. The van der Waals surface area contributed by atoms with E-state index in [9.17, 15) is 4.79 Å². The zero-order valence-electron chi connectivity index (χ0n) is 13.0. The van der Waals surface area contributed by atoms with Crippen LogP contribution in [0.25, 0.3) is 0 Å². The lowest BCUT2D eigenvalue weighted by atomic mass is 9.98. The molecule has 1 unspecified atom stereocenters. The summed E-state index contributed by atoms with van der Waals surface area (Å²) in [6, 6.07) is 0.361. The molecule has 7 heteroatoms. The lowest BCUT2D eigenvalue weighted by Crippen LogP contribution is -2.30. The van der Waals surface area contributed by atoms with Crippen LogP contribution in [0.1, 0.15) is 50.1 Å². The minimum Gasteiger partial charge on any atom is -0.350 e. The number of halogens is 1. The molecule has 1 fully saturated rings. The van der Waals surface area contributed by atoms with Crippen molar-refractivity contribution in [2.45, 2.75) is 39.7 Å². The van der Waals surface area contributed by atoms with Crippen LogP contribution < -0.4 is 10.6 Å². The Labute approximate surface area is 132 Å². The van der Waals surface area contributed by atoms with Crippen LogP contribution in [0.5, 0.6) is 0 Å². The summed E-state index contributed by atoms with van der Waals surface area (Å²) in [7, 11) is 0. The second-order valence-corrected chi connectivity index (χ2v) is 6.00. The van der Waals surface area contributed by atoms with Crippen LogP contribution in [0.3, 0.4) is 0 Å². The lowest BCUT2D eigenvalue weighted by Gasteiger charge is -2.22. The molecular weight excluding hydrogens is 290 g/mol. The molecule has 1 aliphatic rings. The summed E-state index contributed by atoms with van der Waals surface area (Å²) < 4.78 is 1.83. The summed E-state index contributed by atoms with van der Waals surface area (Å²) in [5.74, 6) is 0.886. The second-order valence-electron chi connectivity index (χ2n) is 6.00. The highest BCUT2D eigenvalue weighted by Crippen LogP contribution is 2.17. The number of rotatable bonds is 5. The maximum atomic E-state index is 12.0. The maximum Gasteiger partial charge on any atom is 0.273 e. The number of piperidine rings is 1. The van der Waals surface area contributed by atoms with Crippen LogP contribution in [0.15, 0.2) is 6.20 Å². The molecule has 0 radical (unpaired) electrons. The quantitative estimate of drug-likeness (QED) is 0.866. The van der Waals surface area contributed by atoms with Gasteiger partial charge in [0, 0.05) is 6.54 Å². The van der Waals surface area contributed by atoms with E-state index in [1.165, 1.54) is 0 Å². The molecule has 2 rings (SSSR count). The van der Waals surface area contributed by atoms with Crippen molar-refractivity contribution in [1.82, 2.24) is 25.6 Å². The summed E-state index contributed by atoms with van der Waals surface area (Å²) in [6.45, 7) is 9.12. The lowest BCUT2D eigenvalue weighted by molar-refractivity contribution is 0.0940. The van der Waals surface area contributed by atoms with Gasteiger partial charge in [-0.3, -0.25) is 4.79 Å². The number of amides is 1. The van der Waals surface area contributed by atoms with Gasteiger partial charge in [-0.05, 0) is 37.8 Å². The highest BCUT2D eigenvalue weighted by atomic mass is 35.5. The molecule has 1 aromatic heterocycles. The van der Waals surface area contributed by atoms with Crippen LogP contribution in [0, 0.1) is 11.8 Å². The van der Waals surface area contributed by atoms with Crippen molar-refractivity contribution in [3.8, 4) is 0 Å². The van der Waals surface area contributed by atoms with Gasteiger partial charge in [0.05, 0.1) is 12.2 Å². The van der Waals surface area contributed by atoms with Crippen LogP contribution in [-0.2, 0) is 0 Å². The number of carbonyl (C=O) groups excluding carboxylic acids is 1. The monoisotopic (exact) mass is 315 g/mol. The van der Waals surface area contributed by atoms with Crippen LogP contribution in [-0.4, -0.2) is 40.5 Å². The molecule has 120 valence electrons. The Hall–Kier alpha value is -1.14. The third-order valence-corrected chi connectivity index (χ3v) is 4.15. The van der Waals surface area contributed by atoms with Gasteiger partial charge in [0.15, 0.2) is 5.69 Å². The van der Waals surface area contributed by atoms with E-state index < -0.39 is 0 Å². The first-order chi connectivity index (χ1) is 9.58. The van der Waals surface area contributed by atoms with Gasteiger partial charge < -0.3 is 10.6 Å². The van der Waals surface area contributed by atoms with Gasteiger partial charge >= 0.3 is 0 Å². The van der Waals surface area contributed by atoms with Crippen molar-refractivity contribution < 1.29 is 4.79 Å². The average Bonchev–Trinajstić information content (AvgIpc) is 2.95. The maximum absolute atomic E-state index is 12.0. The molecule has 2 N–H and O–H groups in total. The molecule has 0 saturated carbocycles. The van der Waals surface area contributed by atoms with E-state index in [1.807, 2.05) is 4.68 Å². The number of aromatic nitrogens is 3. The molecule has 1 saturated heterocycles. The smallest absolute Gasteiger partial charge is 0.273 e. The molecule has 1 amide bonds. The number of nitrogens with zero attached hydrogens (tertiary/aromatic N) is 3. The summed E-state index contributed by atoms with van der Waals surface area (Å²) in [5, 5.41) is 14.3. The molecule has 1 aromatic rings. The molecule has 0 aliphatic carbocycles. The van der Waals surface area contributed by atoms with Gasteiger partial charge in [-0.2, -0.15) is 0 Å². The third kappa shape index (κ3) is 4.97. The van der Waals surface area contributed by atoms with E-state index in [0.29, 0.717) is 30.1 Å². The van der Waals surface area contributed by atoms with Crippen molar-refractivity contribution in [2.75, 3.05) is 19.6 Å². The molecular formula is C14H26ClN5O. The van der Waals surface area contributed by atoms with Gasteiger partial charge in [-0.1, -0.05) is 26.0 Å². The van der Waals surface area contributed by atoms with E-state index >= 15 is 0 Å². The molecule has 1 atom stereocenters. The van der Waals surface area contributed by atoms with Crippen molar-refractivity contribution in [1.29, 1.82) is 0 Å². The Morgan fingerprint density at radius 3 is 2.71 bits per heavy atom. The number of hydrogen-bond acceptors (Lipinski definition) is 4. The zero-order valence-corrected chi connectivity index (χ0v) is 13.8. The fourth-order valence-corrected chi connectivity index (χ4v) is 2.21. The fraction of sp³-hybridized carbons (Fsp3) is 0.786. The van der Waals surface area contributed by atoms with Crippen molar-refractivity contribution in [3.63, 3.8) is 0 Å². The predicted octanol–water partition coefficient (Wildman–Crippen LogP) is 1.65. The Bertz CT molecular complexity index is 442. The Kier molecular flexibility index (Phi) is 7.11. The minimum absolute atomic E-state index is 0. The van der Waals surface area contributed by atoms with Crippen LogP contribution in [0.2, 0.25) is 0 Å². The van der Waals surface area contributed by atoms with Crippen molar-refractivity contribution >= 4 is 18.3 Å². The normalized spacial score (nSPS) is 17.3. The fourth-order valence-electron chi connectivity index (χ4n) is 2.21. The first-order valence-electron chi connectivity index (χ1n) is 7.48.